The zero-order valence-electron chi connectivity index (χ0n) is 19.7. The van der Waals surface area contributed by atoms with E-state index in [0.29, 0.717) is 6.42 Å². The van der Waals surface area contributed by atoms with Crippen LogP contribution in [-0.2, 0) is 16.1 Å². The maximum Gasteiger partial charge on any atom is 0.308 e. The van der Waals surface area contributed by atoms with Crippen molar-refractivity contribution in [2.45, 2.75) is 65.0 Å². The van der Waals surface area contributed by atoms with Crippen molar-refractivity contribution in [1.29, 1.82) is 0 Å². The minimum atomic E-state index is -1.78. The molecule has 0 aliphatic heterocycles. The van der Waals surface area contributed by atoms with Gasteiger partial charge in [-0.05, 0) is 48.7 Å². The van der Waals surface area contributed by atoms with Crippen LogP contribution in [0.5, 0.6) is 0 Å². The molecule has 4 heteroatoms. The molecule has 0 saturated heterocycles. The Hall–Kier alpha value is -2.43. The SMILES string of the molecule is CC(C)(C)OC(=O)C[C@H](c1ccc2ccccc2c1)N(Cc1ccccc1)[Si](C)(C)C. The van der Waals surface area contributed by atoms with Crippen LogP contribution in [0.1, 0.15) is 44.4 Å². The summed E-state index contributed by atoms with van der Waals surface area (Å²) in [6, 6.07) is 25.5. The summed E-state index contributed by atoms with van der Waals surface area (Å²) < 4.78 is 8.29. The first-order chi connectivity index (χ1) is 14.5. The zero-order chi connectivity index (χ0) is 22.6. The highest BCUT2D eigenvalue weighted by molar-refractivity contribution is 6.73. The minimum absolute atomic E-state index is 0.0358. The molecule has 0 aliphatic rings. The first kappa shape index (κ1) is 23.2. The lowest BCUT2D eigenvalue weighted by Crippen LogP contribution is -2.48. The fourth-order valence-electron chi connectivity index (χ4n) is 3.96. The molecule has 0 radical (unpaired) electrons. The summed E-state index contributed by atoms with van der Waals surface area (Å²) in [6.45, 7) is 13.6. The molecule has 0 heterocycles. The number of nitrogens with zero attached hydrogens (tertiary/aromatic N) is 1. The van der Waals surface area contributed by atoms with Crippen molar-refractivity contribution in [3.8, 4) is 0 Å². The lowest BCUT2D eigenvalue weighted by Gasteiger charge is -2.41. The molecular weight excluding hydrogens is 398 g/mol. The molecule has 1 atom stereocenters. The van der Waals surface area contributed by atoms with E-state index in [1.165, 1.54) is 21.9 Å². The molecule has 3 aromatic carbocycles. The Bertz CT molecular complexity index is 1020. The van der Waals surface area contributed by atoms with Crippen molar-refractivity contribution in [2.75, 3.05) is 0 Å². The Labute approximate surface area is 188 Å². The van der Waals surface area contributed by atoms with Crippen LogP contribution >= 0.6 is 0 Å². The fraction of sp³-hybridized carbons (Fsp3) is 0.370. The van der Waals surface area contributed by atoms with Crippen LogP contribution in [0.15, 0.2) is 72.8 Å². The fourth-order valence-corrected chi connectivity index (χ4v) is 5.79. The molecule has 31 heavy (non-hydrogen) atoms. The van der Waals surface area contributed by atoms with Gasteiger partial charge in [0.25, 0.3) is 0 Å². The molecule has 0 aliphatic carbocycles. The first-order valence-corrected chi connectivity index (χ1v) is 14.5. The minimum Gasteiger partial charge on any atom is -0.460 e. The molecule has 0 N–H and O–H groups in total. The van der Waals surface area contributed by atoms with E-state index in [4.69, 9.17) is 4.74 Å². The lowest BCUT2D eigenvalue weighted by molar-refractivity contribution is -0.156. The topological polar surface area (TPSA) is 29.5 Å². The summed E-state index contributed by atoms with van der Waals surface area (Å²) >= 11 is 0. The summed E-state index contributed by atoms with van der Waals surface area (Å²) in [6.07, 6.45) is 0.340. The van der Waals surface area contributed by atoms with E-state index in [2.05, 4.69) is 90.9 Å². The van der Waals surface area contributed by atoms with Gasteiger partial charge in [-0.1, -0.05) is 86.4 Å². The lowest BCUT2D eigenvalue weighted by atomic mass is 9.99. The van der Waals surface area contributed by atoms with Crippen LogP contribution in [0.4, 0.5) is 0 Å². The van der Waals surface area contributed by atoms with Gasteiger partial charge in [0.15, 0.2) is 0 Å². The van der Waals surface area contributed by atoms with Crippen LogP contribution < -0.4 is 0 Å². The van der Waals surface area contributed by atoms with Crippen LogP contribution in [0.3, 0.4) is 0 Å². The highest BCUT2D eigenvalue weighted by Gasteiger charge is 2.34. The summed E-state index contributed by atoms with van der Waals surface area (Å²) in [5.41, 5.74) is 1.94. The van der Waals surface area contributed by atoms with Gasteiger partial charge in [0.1, 0.15) is 13.8 Å². The van der Waals surface area contributed by atoms with Gasteiger partial charge in [0.05, 0.1) is 6.42 Å². The quantitative estimate of drug-likeness (QED) is 0.298. The monoisotopic (exact) mass is 433 g/mol. The molecule has 0 unspecified atom stereocenters. The second-order valence-electron chi connectivity index (χ2n) is 10.2. The average Bonchev–Trinajstić information content (AvgIpc) is 2.69. The average molecular weight is 434 g/mol. The molecule has 0 amide bonds. The van der Waals surface area contributed by atoms with Crippen molar-refractivity contribution < 1.29 is 9.53 Å². The summed E-state index contributed by atoms with van der Waals surface area (Å²) in [7, 11) is -1.78. The van der Waals surface area contributed by atoms with E-state index < -0.39 is 13.8 Å². The number of fused-ring (bicyclic) bond motifs is 1. The van der Waals surface area contributed by atoms with E-state index in [1.54, 1.807) is 0 Å². The van der Waals surface area contributed by atoms with Crippen molar-refractivity contribution in [1.82, 2.24) is 4.57 Å². The van der Waals surface area contributed by atoms with E-state index in [9.17, 15) is 4.79 Å². The number of carbonyl (C=O) groups is 1. The molecular formula is C27H35NO2Si. The summed E-state index contributed by atoms with van der Waals surface area (Å²) in [4.78, 5) is 13.0. The smallest absolute Gasteiger partial charge is 0.308 e. The van der Waals surface area contributed by atoms with Gasteiger partial charge in [0.2, 0.25) is 0 Å². The Morgan fingerprint density at radius 1 is 0.903 bits per heavy atom. The van der Waals surface area contributed by atoms with Gasteiger partial charge in [-0.2, -0.15) is 0 Å². The Balaban J connectivity index is 2.03. The van der Waals surface area contributed by atoms with Gasteiger partial charge in [0, 0.05) is 12.6 Å². The molecule has 164 valence electrons. The number of esters is 1. The van der Waals surface area contributed by atoms with Crippen LogP contribution in [0, 0.1) is 0 Å². The zero-order valence-corrected chi connectivity index (χ0v) is 20.7. The highest BCUT2D eigenvalue weighted by atomic mass is 28.3. The van der Waals surface area contributed by atoms with Crippen molar-refractivity contribution in [3.63, 3.8) is 0 Å². The summed E-state index contributed by atoms with van der Waals surface area (Å²) in [5.74, 6) is -0.151. The Morgan fingerprint density at radius 2 is 1.52 bits per heavy atom. The maximum absolute atomic E-state index is 13.0. The highest BCUT2D eigenvalue weighted by Crippen LogP contribution is 2.33. The van der Waals surface area contributed by atoms with E-state index in [1.807, 2.05) is 26.8 Å². The van der Waals surface area contributed by atoms with Gasteiger partial charge in [-0.15, -0.1) is 0 Å². The summed E-state index contributed by atoms with van der Waals surface area (Å²) in [5, 5.41) is 2.41. The van der Waals surface area contributed by atoms with Crippen molar-refractivity contribution in [3.05, 3.63) is 83.9 Å². The van der Waals surface area contributed by atoms with Gasteiger partial charge in [-0.3, -0.25) is 4.79 Å². The van der Waals surface area contributed by atoms with Crippen molar-refractivity contribution >= 4 is 25.0 Å². The standard InChI is InChI=1S/C27H35NO2Si/c1-27(2,3)30-26(29)19-25(24-17-16-22-14-10-11-15-23(22)18-24)28(31(4,5)6)20-21-12-8-7-9-13-21/h7-18,25H,19-20H2,1-6H3/t25-/m1/s1. The van der Waals surface area contributed by atoms with Crippen molar-refractivity contribution in [2.24, 2.45) is 0 Å². The largest absolute Gasteiger partial charge is 0.460 e. The predicted octanol–water partition coefficient (Wildman–Crippen LogP) is 6.95. The van der Waals surface area contributed by atoms with Crippen LogP contribution in [0.25, 0.3) is 10.8 Å². The Kier molecular flexibility index (Phi) is 7.02. The first-order valence-electron chi connectivity index (χ1n) is 11.0. The molecule has 3 aromatic rings. The third-order valence-electron chi connectivity index (χ3n) is 5.37. The van der Waals surface area contributed by atoms with E-state index in [-0.39, 0.29) is 12.0 Å². The third-order valence-corrected chi connectivity index (χ3v) is 7.57. The molecule has 3 nitrogen and oxygen atoms in total. The second-order valence-corrected chi connectivity index (χ2v) is 15.1. The van der Waals surface area contributed by atoms with Gasteiger partial charge >= 0.3 is 5.97 Å². The molecule has 0 aromatic heterocycles. The number of ether oxygens (including phenoxy) is 1. The number of carbonyl (C=O) groups excluding carboxylic acids is 1. The second kappa shape index (κ2) is 9.37. The molecule has 3 rings (SSSR count). The van der Waals surface area contributed by atoms with Gasteiger partial charge < -0.3 is 9.30 Å². The number of benzene rings is 3. The van der Waals surface area contributed by atoms with Crippen LogP contribution in [-0.4, -0.2) is 24.4 Å². The normalized spacial score (nSPS) is 13.4. The molecule has 0 bridgehead atoms. The predicted molar refractivity (Wildman–Crippen MR) is 132 cm³/mol. The van der Waals surface area contributed by atoms with Gasteiger partial charge in [-0.25, -0.2) is 0 Å². The van der Waals surface area contributed by atoms with Crippen LogP contribution in [0.2, 0.25) is 19.6 Å². The molecule has 0 fully saturated rings. The molecule has 0 spiro atoms. The number of hydrogen-bond donors (Lipinski definition) is 0. The number of hydrogen-bond acceptors (Lipinski definition) is 3. The number of rotatable bonds is 7. The van der Waals surface area contributed by atoms with E-state index in [0.717, 1.165) is 6.54 Å². The Morgan fingerprint density at radius 3 is 2.13 bits per heavy atom. The third kappa shape index (κ3) is 6.52. The van der Waals surface area contributed by atoms with E-state index >= 15 is 0 Å². The molecule has 0 saturated carbocycles. The maximum atomic E-state index is 13.0.